The van der Waals surface area contributed by atoms with Crippen molar-refractivity contribution in [1.82, 2.24) is 15.3 Å². The van der Waals surface area contributed by atoms with Gasteiger partial charge in [-0.25, -0.2) is 9.97 Å². The molecule has 1 aliphatic carbocycles. The summed E-state index contributed by atoms with van der Waals surface area (Å²) in [7, 11) is 0. The van der Waals surface area contributed by atoms with Crippen molar-refractivity contribution >= 4 is 17.7 Å². The Labute approximate surface area is 142 Å². The van der Waals surface area contributed by atoms with Crippen LogP contribution < -0.4 is 5.32 Å². The van der Waals surface area contributed by atoms with Gasteiger partial charge in [-0.3, -0.25) is 4.79 Å². The molecular weight excluding hydrogens is 308 g/mol. The van der Waals surface area contributed by atoms with Gasteiger partial charge in [0.05, 0.1) is 11.8 Å². The van der Waals surface area contributed by atoms with Crippen molar-refractivity contribution < 1.29 is 4.79 Å². The number of aryl methyl sites for hydroxylation is 2. The second-order valence-electron chi connectivity index (χ2n) is 6.25. The average Bonchev–Trinajstić information content (AvgIpc) is 2.76. The van der Waals surface area contributed by atoms with Crippen LogP contribution >= 0.6 is 11.8 Å². The molecule has 1 saturated carbocycles. The predicted octanol–water partition coefficient (Wildman–Crippen LogP) is 3.23. The second-order valence-corrected chi connectivity index (χ2v) is 7.19. The van der Waals surface area contributed by atoms with E-state index in [1.807, 2.05) is 20.8 Å². The molecule has 1 amide bonds. The Morgan fingerprint density at radius 2 is 1.74 bits per heavy atom. The van der Waals surface area contributed by atoms with Gasteiger partial charge < -0.3 is 5.32 Å². The van der Waals surface area contributed by atoms with Crippen LogP contribution in [0.5, 0.6) is 0 Å². The molecule has 0 radical (unpaired) electrons. The molecule has 1 aromatic rings. The lowest BCUT2D eigenvalue weighted by Gasteiger charge is -2.26. The molecule has 1 N–H and O–H groups in total. The molecule has 2 rings (SSSR count). The zero-order chi connectivity index (χ0) is 16.9. The summed E-state index contributed by atoms with van der Waals surface area (Å²) in [4.78, 5) is 21.1. The number of nitrogens with one attached hydrogen (secondary N) is 1. The van der Waals surface area contributed by atoms with Crippen LogP contribution in [-0.2, 0) is 4.79 Å². The fourth-order valence-electron chi connectivity index (χ4n) is 2.84. The van der Waals surface area contributed by atoms with Crippen LogP contribution in [0.4, 0.5) is 0 Å². The SMILES string of the molecule is Cc1nc(SCC(=O)NC2(C#N)CCCCCC2)nc(C)c1C. The molecule has 1 heterocycles. The number of carbonyl (C=O) groups is 1. The maximum Gasteiger partial charge on any atom is 0.231 e. The van der Waals surface area contributed by atoms with Crippen LogP contribution in [0.2, 0.25) is 0 Å². The smallest absolute Gasteiger partial charge is 0.231 e. The molecule has 0 atom stereocenters. The van der Waals surface area contributed by atoms with Crippen LogP contribution in [-0.4, -0.2) is 27.2 Å². The molecule has 0 saturated heterocycles. The Balaban J connectivity index is 1.95. The molecule has 0 aromatic carbocycles. The van der Waals surface area contributed by atoms with Gasteiger partial charge in [-0.05, 0) is 39.2 Å². The molecule has 1 aromatic heterocycles. The lowest BCUT2D eigenvalue weighted by molar-refractivity contribution is -0.120. The van der Waals surface area contributed by atoms with Crippen LogP contribution in [0.3, 0.4) is 0 Å². The normalized spacial score (nSPS) is 17.1. The van der Waals surface area contributed by atoms with Gasteiger partial charge in [-0.15, -0.1) is 0 Å². The second kappa shape index (κ2) is 7.78. The maximum absolute atomic E-state index is 12.3. The van der Waals surface area contributed by atoms with E-state index in [4.69, 9.17) is 0 Å². The highest BCUT2D eigenvalue weighted by Crippen LogP contribution is 2.27. The zero-order valence-electron chi connectivity index (χ0n) is 14.1. The standard InChI is InChI=1S/C17H24N4OS/c1-12-13(2)19-16(20-14(12)3)23-10-15(22)21-17(11-18)8-6-4-5-7-9-17/h4-10H2,1-3H3,(H,21,22). The number of aromatic nitrogens is 2. The van der Waals surface area contributed by atoms with E-state index in [1.54, 1.807) is 0 Å². The average molecular weight is 332 g/mol. The third-order valence-corrected chi connectivity index (χ3v) is 5.34. The Hall–Kier alpha value is -1.61. The lowest BCUT2D eigenvalue weighted by Crippen LogP contribution is -2.47. The highest BCUT2D eigenvalue weighted by Gasteiger charge is 2.32. The van der Waals surface area contributed by atoms with Gasteiger partial charge in [-0.1, -0.05) is 37.4 Å². The Morgan fingerprint density at radius 3 is 2.26 bits per heavy atom. The van der Waals surface area contributed by atoms with Crippen LogP contribution in [0.25, 0.3) is 0 Å². The first-order chi connectivity index (χ1) is 11.0. The van der Waals surface area contributed by atoms with Crippen molar-refractivity contribution in [2.24, 2.45) is 0 Å². The highest BCUT2D eigenvalue weighted by atomic mass is 32.2. The largest absolute Gasteiger partial charge is 0.337 e. The molecule has 23 heavy (non-hydrogen) atoms. The first-order valence-corrected chi connectivity index (χ1v) is 9.11. The molecule has 0 bridgehead atoms. The molecule has 124 valence electrons. The lowest BCUT2D eigenvalue weighted by atomic mass is 9.92. The van der Waals surface area contributed by atoms with Crippen LogP contribution in [0, 0.1) is 32.1 Å². The summed E-state index contributed by atoms with van der Waals surface area (Å²) in [5.41, 5.74) is 2.28. The predicted molar refractivity (Wildman–Crippen MR) is 91.2 cm³/mol. The molecule has 5 nitrogen and oxygen atoms in total. The first kappa shape index (κ1) is 17.7. The minimum atomic E-state index is -0.686. The van der Waals surface area contributed by atoms with E-state index >= 15 is 0 Å². The summed E-state index contributed by atoms with van der Waals surface area (Å²) in [5.74, 6) is 0.128. The van der Waals surface area contributed by atoms with Gasteiger partial charge in [0.15, 0.2) is 5.16 Å². The Kier molecular flexibility index (Phi) is 6.00. The van der Waals surface area contributed by atoms with Crippen molar-refractivity contribution in [2.45, 2.75) is 70.0 Å². The van der Waals surface area contributed by atoms with E-state index in [0.717, 1.165) is 55.5 Å². The number of rotatable bonds is 4. The summed E-state index contributed by atoms with van der Waals surface area (Å²) >= 11 is 1.32. The number of nitrogens with zero attached hydrogens (tertiary/aromatic N) is 3. The number of hydrogen-bond donors (Lipinski definition) is 1. The number of thioether (sulfide) groups is 1. The van der Waals surface area contributed by atoms with E-state index in [0.29, 0.717) is 5.16 Å². The molecule has 6 heteroatoms. The number of nitriles is 1. The summed E-state index contributed by atoms with van der Waals surface area (Å²) in [6, 6.07) is 2.34. The van der Waals surface area contributed by atoms with E-state index in [-0.39, 0.29) is 11.7 Å². The molecule has 1 fully saturated rings. The highest BCUT2D eigenvalue weighted by molar-refractivity contribution is 7.99. The topological polar surface area (TPSA) is 78.7 Å². The third-order valence-electron chi connectivity index (χ3n) is 4.49. The van der Waals surface area contributed by atoms with Crippen molar-refractivity contribution in [3.8, 4) is 6.07 Å². The third kappa shape index (κ3) is 4.68. The minimum absolute atomic E-state index is 0.113. The van der Waals surface area contributed by atoms with Crippen LogP contribution in [0.15, 0.2) is 5.16 Å². The fraction of sp³-hybridized carbons (Fsp3) is 0.647. The van der Waals surface area contributed by atoms with Crippen molar-refractivity contribution in [3.63, 3.8) is 0 Å². The van der Waals surface area contributed by atoms with E-state index in [2.05, 4.69) is 21.4 Å². The summed E-state index contributed by atoms with van der Waals surface area (Å²) in [6.45, 7) is 5.89. The van der Waals surface area contributed by atoms with E-state index in [9.17, 15) is 10.1 Å². The minimum Gasteiger partial charge on any atom is -0.337 e. The number of hydrogen-bond acceptors (Lipinski definition) is 5. The van der Waals surface area contributed by atoms with Crippen molar-refractivity contribution in [2.75, 3.05) is 5.75 Å². The number of amides is 1. The summed E-state index contributed by atoms with van der Waals surface area (Å²) in [6.07, 6.45) is 5.78. The van der Waals surface area contributed by atoms with Gasteiger partial charge in [0.2, 0.25) is 5.91 Å². The first-order valence-electron chi connectivity index (χ1n) is 8.13. The quantitative estimate of drug-likeness (QED) is 0.520. The zero-order valence-corrected chi connectivity index (χ0v) is 14.9. The van der Waals surface area contributed by atoms with Crippen LogP contribution in [0.1, 0.15) is 55.5 Å². The Morgan fingerprint density at radius 1 is 1.17 bits per heavy atom. The molecule has 0 unspecified atom stereocenters. The van der Waals surface area contributed by atoms with E-state index in [1.165, 1.54) is 11.8 Å². The van der Waals surface area contributed by atoms with E-state index < -0.39 is 5.54 Å². The monoisotopic (exact) mass is 332 g/mol. The van der Waals surface area contributed by atoms with Gasteiger partial charge in [-0.2, -0.15) is 5.26 Å². The molecule has 0 aliphatic heterocycles. The Bertz CT molecular complexity index is 593. The van der Waals surface area contributed by atoms with Crippen molar-refractivity contribution in [1.29, 1.82) is 5.26 Å². The number of carbonyl (C=O) groups excluding carboxylic acids is 1. The van der Waals surface area contributed by atoms with Gasteiger partial charge in [0, 0.05) is 11.4 Å². The molecule has 0 spiro atoms. The summed E-state index contributed by atoms with van der Waals surface area (Å²) in [5, 5.41) is 13.1. The van der Waals surface area contributed by atoms with Gasteiger partial charge in [0.1, 0.15) is 5.54 Å². The molecule has 1 aliphatic rings. The maximum atomic E-state index is 12.3. The fourth-order valence-corrected chi connectivity index (χ4v) is 3.57. The van der Waals surface area contributed by atoms with Crippen molar-refractivity contribution in [3.05, 3.63) is 17.0 Å². The molecular formula is C17H24N4OS. The summed E-state index contributed by atoms with van der Waals surface area (Å²) < 4.78 is 0. The van der Waals surface area contributed by atoms with Gasteiger partial charge >= 0.3 is 0 Å². The van der Waals surface area contributed by atoms with Gasteiger partial charge in [0.25, 0.3) is 0 Å².